The molecule has 1 aromatic heterocycles. The van der Waals surface area contributed by atoms with Crippen molar-refractivity contribution in [3.05, 3.63) is 58.6 Å². The highest BCUT2D eigenvalue weighted by molar-refractivity contribution is 5.36. The number of aromatic nitrogens is 2. The van der Waals surface area contributed by atoms with Gasteiger partial charge in [-0.15, -0.1) is 0 Å². The number of likely N-dealkylation sites (tertiary alicyclic amines) is 1. The lowest BCUT2D eigenvalue weighted by Gasteiger charge is -2.39. The van der Waals surface area contributed by atoms with Crippen LogP contribution < -0.4 is 15.8 Å². The predicted octanol–water partition coefficient (Wildman–Crippen LogP) is 1.99. The van der Waals surface area contributed by atoms with Gasteiger partial charge in [-0.1, -0.05) is 30.3 Å². The van der Waals surface area contributed by atoms with Crippen LogP contribution in [0.4, 0.5) is 5.82 Å². The molecule has 0 saturated carbocycles. The van der Waals surface area contributed by atoms with Gasteiger partial charge in [0.1, 0.15) is 0 Å². The minimum absolute atomic E-state index is 0.0927. The Morgan fingerprint density at radius 3 is 2.67 bits per heavy atom. The van der Waals surface area contributed by atoms with Crippen LogP contribution in [0.1, 0.15) is 31.2 Å². The van der Waals surface area contributed by atoms with Gasteiger partial charge in [0.05, 0.1) is 0 Å². The summed E-state index contributed by atoms with van der Waals surface area (Å²) in [5.74, 6) is 0.554. The zero-order chi connectivity index (χ0) is 18.5. The van der Waals surface area contributed by atoms with Gasteiger partial charge in [0.25, 0.3) is 5.56 Å². The Morgan fingerprint density at radius 2 is 1.85 bits per heavy atom. The van der Waals surface area contributed by atoms with Crippen molar-refractivity contribution in [1.29, 1.82) is 0 Å². The molecule has 27 heavy (non-hydrogen) atoms. The molecule has 2 fully saturated rings. The summed E-state index contributed by atoms with van der Waals surface area (Å²) in [6.07, 6.45) is 7.97. The van der Waals surface area contributed by atoms with Gasteiger partial charge in [-0.25, -0.2) is 4.98 Å². The molecule has 0 amide bonds. The van der Waals surface area contributed by atoms with E-state index in [1.807, 2.05) is 0 Å². The number of rotatable bonds is 5. The summed E-state index contributed by atoms with van der Waals surface area (Å²) in [7, 11) is 0. The van der Waals surface area contributed by atoms with Crippen molar-refractivity contribution in [1.82, 2.24) is 20.2 Å². The van der Waals surface area contributed by atoms with E-state index < -0.39 is 0 Å². The third-order valence-corrected chi connectivity index (χ3v) is 5.64. The van der Waals surface area contributed by atoms with Crippen molar-refractivity contribution in [3.8, 4) is 0 Å². The summed E-state index contributed by atoms with van der Waals surface area (Å²) in [4.78, 5) is 23.8. The molecule has 6 heteroatoms. The van der Waals surface area contributed by atoms with E-state index in [-0.39, 0.29) is 5.56 Å². The second-order valence-corrected chi connectivity index (χ2v) is 7.75. The predicted molar refractivity (Wildman–Crippen MR) is 108 cm³/mol. The number of piperidine rings is 2. The fourth-order valence-electron chi connectivity index (χ4n) is 4.38. The van der Waals surface area contributed by atoms with Gasteiger partial charge in [0, 0.05) is 50.7 Å². The van der Waals surface area contributed by atoms with E-state index in [2.05, 4.69) is 55.4 Å². The summed E-state index contributed by atoms with van der Waals surface area (Å²) in [5, 5.41) is 3.87. The van der Waals surface area contributed by atoms with E-state index in [0.29, 0.717) is 17.9 Å². The topological polar surface area (TPSA) is 64.3 Å². The van der Waals surface area contributed by atoms with Crippen LogP contribution in [0.5, 0.6) is 0 Å². The first-order valence-corrected chi connectivity index (χ1v) is 10.1. The molecular weight excluding hydrogens is 338 g/mol. The fraction of sp³-hybridized carbons (Fsp3) is 0.524. The van der Waals surface area contributed by atoms with Crippen LogP contribution in [-0.4, -0.2) is 53.1 Å². The average Bonchev–Trinajstić information content (AvgIpc) is 2.70. The number of nitrogens with one attached hydrogen (secondary N) is 2. The standard InChI is InChI=1S/C21H29N5O/c27-21-20(22-10-11-23-21)26-13-5-9-19(16-26)24-18-8-4-12-25(15-18)14-17-6-2-1-3-7-17/h1-3,6-7,10-11,18-19,24H,4-5,8-9,12-16H2,(H,23,27)/t18-,19+/m0/s1. The quantitative estimate of drug-likeness (QED) is 0.846. The third kappa shape index (κ3) is 4.76. The van der Waals surface area contributed by atoms with Gasteiger partial charge < -0.3 is 15.2 Å². The number of hydrogen-bond donors (Lipinski definition) is 2. The summed E-state index contributed by atoms with van der Waals surface area (Å²) in [6, 6.07) is 11.7. The molecule has 0 aliphatic carbocycles. The normalized spacial score (nSPS) is 24.1. The maximum absolute atomic E-state index is 12.0. The van der Waals surface area contributed by atoms with Crippen LogP contribution >= 0.6 is 0 Å². The zero-order valence-electron chi connectivity index (χ0n) is 15.8. The lowest BCUT2D eigenvalue weighted by molar-refractivity contribution is 0.172. The Labute approximate surface area is 160 Å². The molecule has 6 nitrogen and oxygen atoms in total. The number of aromatic amines is 1. The molecule has 2 aliphatic rings. The zero-order valence-corrected chi connectivity index (χ0v) is 15.8. The van der Waals surface area contributed by atoms with Gasteiger partial charge in [0.2, 0.25) is 0 Å². The molecule has 4 rings (SSSR count). The highest BCUT2D eigenvalue weighted by Gasteiger charge is 2.27. The highest BCUT2D eigenvalue weighted by Crippen LogP contribution is 2.18. The van der Waals surface area contributed by atoms with E-state index >= 15 is 0 Å². The number of hydrogen-bond acceptors (Lipinski definition) is 5. The minimum Gasteiger partial charge on any atom is -0.350 e. The molecular formula is C21H29N5O. The molecule has 0 radical (unpaired) electrons. The molecule has 144 valence electrons. The molecule has 1 aromatic carbocycles. The van der Waals surface area contributed by atoms with E-state index in [4.69, 9.17) is 0 Å². The van der Waals surface area contributed by atoms with Crippen molar-refractivity contribution in [3.63, 3.8) is 0 Å². The Morgan fingerprint density at radius 1 is 1.07 bits per heavy atom. The van der Waals surface area contributed by atoms with Crippen molar-refractivity contribution in [2.75, 3.05) is 31.1 Å². The smallest absolute Gasteiger partial charge is 0.290 e. The second-order valence-electron chi connectivity index (χ2n) is 7.75. The third-order valence-electron chi connectivity index (χ3n) is 5.64. The summed E-state index contributed by atoms with van der Waals surface area (Å²) in [5.41, 5.74) is 1.29. The first-order chi connectivity index (χ1) is 13.3. The number of H-pyrrole nitrogens is 1. The Kier molecular flexibility index (Phi) is 5.84. The lowest BCUT2D eigenvalue weighted by Crippen LogP contribution is -2.54. The number of benzene rings is 1. The Balaban J connectivity index is 1.33. The highest BCUT2D eigenvalue weighted by atomic mass is 16.1. The number of anilines is 1. The van der Waals surface area contributed by atoms with Crippen LogP contribution in [0.15, 0.2) is 47.5 Å². The Bertz CT molecular complexity index is 777. The minimum atomic E-state index is -0.0927. The molecule has 0 spiro atoms. The van der Waals surface area contributed by atoms with Gasteiger partial charge >= 0.3 is 0 Å². The summed E-state index contributed by atoms with van der Waals surface area (Å²) >= 11 is 0. The monoisotopic (exact) mass is 367 g/mol. The SMILES string of the molecule is O=c1[nH]ccnc1N1CCC[C@@H](N[C@H]2CCCN(Cc3ccccc3)C2)C1. The average molecular weight is 367 g/mol. The van der Waals surface area contributed by atoms with Crippen LogP contribution in [0.2, 0.25) is 0 Å². The van der Waals surface area contributed by atoms with Gasteiger partial charge in [-0.2, -0.15) is 0 Å². The van der Waals surface area contributed by atoms with Crippen LogP contribution in [-0.2, 0) is 6.54 Å². The van der Waals surface area contributed by atoms with E-state index in [0.717, 1.165) is 39.0 Å². The van der Waals surface area contributed by atoms with Crippen LogP contribution in [0, 0.1) is 0 Å². The first-order valence-electron chi connectivity index (χ1n) is 10.1. The van der Waals surface area contributed by atoms with E-state index in [9.17, 15) is 4.79 Å². The maximum atomic E-state index is 12.0. The van der Waals surface area contributed by atoms with Crippen molar-refractivity contribution < 1.29 is 0 Å². The molecule has 2 aromatic rings. The van der Waals surface area contributed by atoms with E-state index in [1.54, 1.807) is 12.4 Å². The molecule has 2 aliphatic heterocycles. The second kappa shape index (κ2) is 8.67. The molecule has 0 unspecified atom stereocenters. The van der Waals surface area contributed by atoms with Gasteiger partial charge in [-0.3, -0.25) is 9.69 Å². The molecule has 2 saturated heterocycles. The maximum Gasteiger partial charge on any atom is 0.290 e. The van der Waals surface area contributed by atoms with Crippen molar-refractivity contribution >= 4 is 5.82 Å². The Hall–Kier alpha value is -2.18. The van der Waals surface area contributed by atoms with Crippen LogP contribution in [0.25, 0.3) is 0 Å². The molecule has 2 atom stereocenters. The van der Waals surface area contributed by atoms with Crippen LogP contribution in [0.3, 0.4) is 0 Å². The number of nitrogens with zero attached hydrogens (tertiary/aromatic N) is 3. The van der Waals surface area contributed by atoms with Gasteiger partial charge in [-0.05, 0) is 37.8 Å². The van der Waals surface area contributed by atoms with Crippen molar-refractivity contribution in [2.24, 2.45) is 0 Å². The molecule has 3 heterocycles. The molecule has 0 bridgehead atoms. The molecule has 2 N–H and O–H groups in total. The lowest BCUT2D eigenvalue weighted by atomic mass is 10.0. The van der Waals surface area contributed by atoms with Crippen molar-refractivity contribution in [2.45, 2.75) is 44.3 Å². The van der Waals surface area contributed by atoms with Gasteiger partial charge in [0.15, 0.2) is 5.82 Å². The fourth-order valence-corrected chi connectivity index (χ4v) is 4.38. The summed E-state index contributed by atoms with van der Waals surface area (Å²) in [6.45, 7) is 5.06. The largest absolute Gasteiger partial charge is 0.350 e. The summed E-state index contributed by atoms with van der Waals surface area (Å²) < 4.78 is 0. The first kappa shape index (κ1) is 18.2. The van der Waals surface area contributed by atoms with E-state index in [1.165, 1.54) is 24.9 Å².